The van der Waals surface area contributed by atoms with Gasteiger partial charge < -0.3 is 0 Å². The number of benzene rings is 7. The summed E-state index contributed by atoms with van der Waals surface area (Å²) >= 11 is 1.83. The maximum atomic E-state index is 5.41. The van der Waals surface area contributed by atoms with Gasteiger partial charge in [-0.2, -0.15) is 0 Å². The van der Waals surface area contributed by atoms with E-state index in [0.29, 0.717) is 0 Å². The fourth-order valence-corrected chi connectivity index (χ4v) is 8.14. The maximum absolute atomic E-state index is 5.41. The van der Waals surface area contributed by atoms with Crippen molar-refractivity contribution in [2.75, 3.05) is 0 Å². The smallest absolute Gasteiger partial charge is 0.165 e. The quantitative estimate of drug-likeness (QED) is 0.201. The van der Waals surface area contributed by atoms with Crippen molar-refractivity contribution in [1.82, 2.24) is 14.5 Å². The normalized spacial score (nSPS) is 11.9. The Balaban J connectivity index is 1.36. The molecule has 0 N–H and O–H groups in total. The van der Waals surface area contributed by atoms with Crippen molar-refractivity contribution < 1.29 is 0 Å². The summed E-state index contributed by atoms with van der Waals surface area (Å²) < 4.78 is 4.91. The molecule has 3 nitrogen and oxygen atoms in total. The second kappa shape index (κ2) is 9.83. The van der Waals surface area contributed by atoms with Gasteiger partial charge in [0.25, 0.3) is 0 Å². The molecule has 0 aliphatic carbocycles. The number of fused-ring (bicyclic) bond motifs is 8. The van der Waals surface area contributed by atoms with Gasteiger partial charge in [0.15, 0.2) is 5.82 Å². The van der Waals surface area contributed by atoms with Crippen molar-refractivity contribution in [3.8, 4) is 28.2 Å². The van der Waals surface area contributed by atoms with Crippen molar-refractivity contribution >= 4 is 75.1 Å². The molecule has 4 heteroatoms. The number of hydrogen-bond donors (Lipinski definition) is 0. The first-order valence-corrected chi connectivity index (χ1v) is 16.3. The van der Waals surface area contributed by atoms with Crippen LogP contribution in [0.25, 0.3) is 92.0 Å². The molecule has 3 aromatic heterocycles. The Labute approximate surface area is 268 Å². The Bertz CT molecular complexity index is 2810. The minimum Gasteiger partial charge on any atom is -0.292 e. The van der Waals surface area contributed by atoms with E-state index in [-0.39, 0.29) is 0 Å². The summed E-state index contributed by atoms with van der Waals surface area (Å²) in [4.78, 5) is 10.8. The van der Waals surface area contributed by atoms with Gasteiger partial charge in [0.2, 0.25) is 0 Å². The van der Waals surface area contributed by atoms with Crippen LogP contribution in [0.3, 0.4) is 0 Å². The predicted molar refractivity (Wildman–Crippen MR) is 195 cm³/mol. The van der Waals surface area contributed by atoms with E-state index in [1.165, 1.54) is 52.8 Å². The minimum atomic E-state index is 0.832. The molecule has 0 atom stereocenters. The third-order valence-corrected chi connectivity index (χ3v) is 10.3. The number of nitrogens with zero attached hydrogens (tertiary/aromatic N) is 3. The molecule has 7 aromatic carbocycles. The molecule has 3 heterocycles. The second-order valence-corrected chi connectivity index (χ2v) is 12.9. The lowest BCUT2D eigenvalue weighted by atomic mass is 9.98. The van der Waals surface area contributed by atoms with Gasteiger partial charge >= 0.3 is 0 Å². The Morgan fingerprint density at radius 3 is 2.04 bits per heavy atom. The highest BCUT2D eigenvalue weighted by Gasteiger charge is 2.22. The van der Waals surface area contributed by atoms with Crippen molar-refractivity contribution in [2.24, 2.45) is 0 Å². The first kappa shape index (κ1) is 25.5. The zero-order valence-electron chi connectivity index (χ0n) is 24.7. The number of rotatable bonds is 3. The number of aromatic nitrogens is 3. The fourth-order valence-electron chi connectivity index (χ4n) is 7.05. The topological polar surface area (TPSA) is 30.7 Å². The molecule has 0 saturated carbocycles. The zero-order valence-corrected chi connectivity index (χ0v) is 25.5. The van der Waals surface area contributed by atoms with Crippen molar-refractivity contribution in [2.45, 2.75) is 0 Å². The third kappa shape index (κ3) is 3.77. The first-order chi connectivity index (χ1) is 22.8. The average molecular weight is 604 g/mol. The summed E-state index contributed by atoms with van der Waals surface area (Å²) in [6, 6.07) is 54.2. The van der Waals surface area contributed by atoms with Crippen molar-refractivity contribution in [3.63, 3.8) is 0 Å². The van der Waals surface area contributed by atoms with Crippen LogP contribution in [-0.4, -0.2) is 14.5 Å². The van der Waals surface area contributed by atoms with Crippen LogP contribution in [0.15, 0.2) is 152 Å². The predicted octanol–water partition coefficient (Wildman–Crippen LogP) is 11.6. The maximum Gasteiger partial charge on any atom is 0.165 e. The van der Waals surface area contributed by atoms with E-state index in [1.54, 1.807) is 0 Å². The lowest BCUT2D eigenvalue weighted by Crippen LogP contribution is -2.03. The van der Waals surface area contributed by atoms with Gasteiger partial charge in [-0.15, -0.1) is 11.3 Å². The average Bonchev–Trinajstić information content (AvgIpc) is 3.65. The van der Waals surface area contributed by atoms with Crippen molar-refractivity contribution in [1.29, 1.82) is 0 Å². The molecule has 0 aliphatic rings. The summed E-state index contributed by atoms with van der Waals surface area (Å²) in [5.74, 6) is 0.832. The van der Waals surface area contributed by atoms with E-state index in [0.717, 1.165) is 39.1 Å². The molecule has 0 radical (unpaired) electrons. The Morgan fingerprint density at radius 2 is 1.17 bits per heavy atom. The summed E-state index contributed by atoms with van der Waals surface area (Å²) in [6.45, 7) is 0. The monoisotopic (exact) mass is 603 g/mol. The summed E-state index contributed by atoms with van der Waals surface area (Å²) in [5, 5.41) is 7.36. The number of para-hydroxylation sites is 2. The molecule has 0 aliphatic heterocycles. The van der Waals surface area contributed by atoms with Crippen LogP contribution in [0.1, 0.15) is 0 Å². The molecule has 10 rings (SSSR count). The molecule has 46 heavy (non-hydrogen) atoms. The highest BCUT2D eigenvalue weighted by molar-refractivity contribution is 7.25. The van der Waals surface area contributed by atoms with Gasteiger partial charge in [-0.25, -0.2) is 9.97 Å². The zero-order chi connectivity index (χ0) is 30.2. The van der Waals surface area contributed by atoms with Crippen LogP contribution in [-0.2, 0) is 0 Å². The van der Waals surface area contributed by atoms with E-state index in [9.17, 15) is 0 Å². The van der Waals surface area contributed by atoms with E-state index < -0.39 is 0 Å². The highest BCUT2D eigenvalue weighted by Crippen LogP contribution is 2.42. The molecule has 0 fully saturated rings. The van der Waals surface area contributed by atoms with E-state index in [4.69, 9.17) is 9.97 Å². The van der Waals surface area contributed by atoms with Crippen LogP contribution in [0, 0.1) is 0 Å². The molecule has 0 unspecified atom stereocenters. The minimum absolute atomic E-state index is 0.832. The van der Waals surface area contributed by atoms with Crippen LogP contribution < -0.4 is 0 Å². The fraction of sp³-hybridized carbons (Fsp3) is 0. The van der Waals surface area contributed by atoms with E-state index >= 15 is 0 Å². The molecule has 0 amide bonds. The Morgan fingerprint density at radius 1 is 0.457 bits per heavy atom. The lowest BCUT2D eigenvalue weighted by Gasteiger charge is -2.14. The molecule has 0 saturated heterocycles. The molecular weight excluding hydrogens is 579 g/mol. The van der Waals surface area contributed by atoms with Gasteiger partial charge in [0.1, 0.15) is 5.69 Å². The Kier molecular flexibility index (Phi) is 5.45. The number of hydrogen-bond acceptors (Lipinski definition) is 3. The van der Waals surface area contributed by atoms with Crippen LogP contribution in [0.2, 0.25) is 0 Å². The summed E-state index contributed by atoms with van der Waals surface area (Å²) in [5.41, 5.74) is 8.31. The molecule has 0 spiro atoms. The molecular formula is C42H25N3S. The van der Waals surface area contributed by atoms with Crippen LogP contribution in [0.4, 0.5) is 0 Å². The van der Waals surface area contributed by atoms with E-state index in [1.807, 2.05) is 23.5 Å². The standard InChI is InChI=1S/C42H25N3S/c1-2-11-26(12-3-1)30-16-10-19-36-40(30)33-23-27-13-4-5-14-28(27)25-37(33)45(36)42-41(43-34-17-7-8-18-35(34)44-42)29-21-22-39-32(24-29)31-15-6-9-20-38(31)46-39/h1-25H. The molecule has 0 bridgehead atoms. The van der Waals surface area contributed by atoms with Crippen LogP contribution >= 0.6 is 11.3 Å². The lowest BCUT2D eigenvalue weighted by molar-refractivity contribution is 1.08. The third-order valence-electron chi connectivity index (χ3n) is 9.16. The molecule has 10 aromatic rings. The van der Waals surface area contributed by atoms with Gasteiger partial charge in [0.05, 0.1) is 22.1 Å². The van der Waals surface area contributed by atoms with Gasteiger partial charge in [0, 0.05) is 36.5 Å². The Hall–Kier alpha value is -5.84. The van der Waals surface area contributed by atoms with Gasteiger partial charge in [-0.1, -0.05) is 103 Å². The second-order valence-electron chi connectivity index (χ2n) is 11.8. The van der Waals surface area contributed by atoms with Crippen molar-refractivity contribution in [3.05, 3.63) is 152 Å². The first-order valence-electron chi connectivity index (χ1n) is 15.5. The van der Waals surface area contributed by atoms with Gasteiger partial charge in [-0.05, 0) is 70.4 Å². The van der Waals surface area contributed by atoms with Crippen LogP contribution in [0.5, 0.6) is 0 Å². The highest BCUT2D eigenvalue weighted by atomic mass is 32.1. The SMILES string of the molecule is c1ccc(-c2cccc3c2c2cc4ccccc4cc2n3-c2nc3ccccc3nc2-c2ccc3sc4ccccc4c3c2)cc1. The summed E-state index contributed by atoms with van der Waals surface area (Å²) in [6.07, 6.45) is 0. The number of thiophene rings is 1. The largest absolute Gasteiger partial charge is 0.292 e. The van der Waals surface area contributed by atoms with Gasteiger partial charge in [-0.3, -0.25) is 4.57 Å². The van der Waals surface area contributed by atoms with E-state index in [2.05, 4.69) is 144 Å². The summed E-state index contributed by atoms with van der Waals surface area (Å²) in [7, 11) is 0. The molecule has 214 valence electrons.